The van der Waals surface area contributed by atoms with Crippen LogP contribution in [0.15, 0.2) is 72.9 Å². The molecule has 1 aliphatic heterocycles. The van der Waals surface area contributed by atoms with Gasteiger partial charge in [0.2, 0.25) is 0 Å². The molecule has 0 bridgehead atoms. The summed E-state index contributed by atoms with van der Waals surface area (Å²) in [6.45, 7) is 4.16. The maximum Gasteiger partial charge on any atom is 0.337 e. The molecular formula is C30H30N4O4S. The van der Waals surface area contributed by atoms with Crippen molar-refractivity contribution in [1.29, 1.82) is 0 Å². The standard InChI is InChI=1S/C30H30N4O4S/c1-18-16-23(19(2)33(18)21-11-9-20(10-12-21)29(35)38-5)28-27(24-8-6-7-15-31-24)32-30(39)34(28)25-14-13-22(36-3)17-26(25)37-4/h6-17,27-28H,1-5H3,(H,32,39). The van der Waals surface area contributed by atoms with Crippen molar-refractivity contribution >= 4 is 29.0 Å². The van der Waals surface area contributed by atoms with Crippen molar-refractivity contribution in [2.45, 2.75) is 25.9 Å². The number of thiocarbonyl (C=S) groups is 1. The quantitative estimate of drug-likeness (QED) is 0.243. The molecule has 2 aromatic heterocycles. The number of methoxy groups -OCH3 is 3. The van der Waals surface area contributed by atoms with E-state index in [1.54, 1.807) is 32.5 Å². The van der Waals surface area contributed by atoms with Gasteiger partial charge in [-0.15, -0.1) is 0 Å². The van der Waals surface area contributed by atoms with Crippen molar-refractivity contribution in [3.05, 3.63) is 101 Å². The fourth-order valence-electron chi connectivity index (χ4n) is 5.26. The third kappa shape index (κ3) is 4.70. The highest BCUT2D eigenvalue weighted by Gasteiger charge is 2.43. The van der Waals surface area contributed by atoms with Crippen LogP contribution in [0.5, 0.6) is 11.5 Å². The number of ether oxygens (including phenoxy) is 3. The van der Waals surface area contributed by atoms with E-state index in [0.29, 0.717) is 22.2 Å². The molecule has 9 heteroatoms. The Morgan fingerprint density at radius 2 is 1.74 bits per heavy atom. The monoisotopic (exact) mass is 542 g/mol. The second kappa shape index (κ2) is 10.8. The Labute approximate surface area is 233 Å². The maximum absolute atomic E-state index is 12.0. The van der Waals surface area contributed by atoms with Gasteiger partial charge in [-0.05, 0) is 86.2 Å². The van der Waals surface area contributed by atoms with Crippen molar-refractivity contribution < 1.29 is 19.0 Å². The predicted octanol–water partition coefficient (Wildman–Crippen LogP) is 5.47. The molecule has 0 saturated carbocycles. The number of hydrogen-bond acceptors (Lipinski definition) is 6. The van der Waals surface area contributed by atoms with E-state index >= 15 is 0 Å². The van der Waals surface area contributed by atoms with E-state index in [0.717, 1.165) is 34.0 Å². The molecule has 0 aliphatic carbocycles. The summed E-state index contributed by atoms with van der Waals surface area (Å²) in [5, 5.41) is 4.09. The Balaban J connectivity index is 1.66. The van der Waals surface area contributed by atoms with Gasteiger partial charge in [0.25, 0.3) is 0 Å². The van der Waals surface area contributed by atoms with E-state index < -0.39 is 0 Å². The molecule has 39 heavy (non-hydrogen) atoms. The molecular weight excluding hydrogens is 512 g/mol. The van der Waals surface area contributed by atoms with Crippen LogP contribution in [0.4, 0.5) is 5.69 Å². The minimum Gasteiger partial charge on any atom is -0.497 e. The molecule has 5 rings (SSSR count). The topological polar surface area (TPSA) is 77.9 Å². The molecule has 1 saturated heterocycles. The molecule has 1 fully saturated rings. The molecule has 0 amide bonds. The molecule has 2 unspecified atom stereocenters. The highest BCUT2D eigenvalue weighted by atomic mass is 32.1. The zero-order valence-corrected chi connectivity index (χ0v) is 23.3. The van der Waals surface area contributed by atoms with Crippen molar-refractivity contribution in [2.24, 2.45) is 0 Å². The summed E-state index contributed by atoms with van der Waals surface area (Å²) in [4.78, 5) is 18.7. The number of hydrogen-bond donors (Lipinski definition) is 1. The van der Waals surface area contributed by atoms with Gasteiger partial charge in [0.15, 0.2) is 5.11 Å². The molecule has 3 heterocycles. The lowest BCUT2D eigenvalue weighted by molar-refractivity contribution is 0.0600. The Kier molecular flexibility index (Phi) is 7.26. The Morgan fingerprint density at radius 3 is 2.38 bits per heavy atom. The number of benzene rings is 2. The van der Waals surface area contributed by atoms with Gasteiger partial charge >= 0.3 is 5.97 Å². The zero-order valence-electron chi connectivity index (χ0n) is 22.5. The number of esters is 1. The average Bonchev–Trinajstić information content (AvgIpc) is 3.47. The van der Waals surface area contributed by atoms with Gasteiger partial charge in [0.1, 0.15) is 11.5 Å². The summed E-state index contributed by atoms with van der Waals surface area (Å²) < 4.78 is 18.2. The molecule has 1 N–H and O–H groups in total. The number of aryl methyl sites for hydroxylation is 1. The third-order valence-electron chi connectivity index (χ3n) is 7.08. The van der Waals surface area contributed by atoms with Gasteiger partial charge in [-0.3, -0.25) is 4.98 Å². The lowest BCUT2D eigenvalue weighted by atomic mass is 9.96. The maximum atomic E-state index is 12.0. The predicted molar refractivity (Wildman–Crippen MR) is 154 cm³/mol. The van der Waals surface area contributed by atoms with E-state index in [1.165, 1.54) is 7.11 Å². The number of aromatic nitrogens is 2. The van der Waals surface area contributed by atoms with Crippen LogP contribution in [0.3, 0.4) is 0 Å². The van der Waals surface area contributed by atoms with Gasteiger partial charge < -0.3 is 29.0 Å². The fourth-order valence-corrected chi connectivity index (χ4v) is 5.60. The first-order valence-corrected chi connectivity index (χ1v) is 12.9. The molecule has 1 aliphatic rings. The molecule has 4 aromatic rings. The smallest absolute Gasteiger partial charge is 0.337 e. The largest absolute Gasteiger partial charge is 0.497 e. The first-order chi connectivity index (χ1) is 18.9. The average molecular weight is 543 g/mol. The van der Waals surface area contributed by atoms with Crippen molar-refractivity contribution in [1.82, 2.24) is 14.9 Å². The van der Waals surface area contributed by atoms with Crippen LogP contribution >= 0.6 is 12.2 Å². The summed E-state index contributed by atoms with van der Waals surface area (Å²) >= 11 is 5.92. The Morgan fingerprint density at radius 1 is 0.974 bits per heavy atom. The Bertz CT molecular complexity index is 1520. The van der Waals surface area contributed by atoms with Gasteiger partial charge in [0.05, 0.1) is 50.4 Å². The van der Waals surface area contributed by atoms with Crippen LogP contribution in [0.1, 0.15) is 45.1 Å². The Hall–Kier alpha value is -4.37. The molecule has 0 radical (unpaired) electrons. The molecule has 2 atom stereocenters. The fraction of sp³-hybridized carbons (Fsp3) is 0.233. The number of rotatable bonds is 7. The van der Waals surface area contributed by atoms with Gasteiger partial charge in [-0.1, -0.05) is 6.07 Å². The summed E-state index contributed by atoms with van der Waals surface area (Å²) in [6, 6.07) is 20.8. The summed E-state index contributed by atoms with van der Waals surface area (Å²) in [5.74, 6) is 0.980. The van der Waals surface area contributed by atoms with Gasteiger partial charge in [-0.2, -0.15) is 0 Å². The molecule has 0 spiro atoms. The van der Waals surface area contributed by atoms with Crippen LogP contribution in [-0.4, -0.2) is 42.0 Å². The van der Waals surface area contributed by atoms with Crippen LogP contribution in [0.25, 0.3) is 5.69 Å². The first kappa shape index (κ1) is 26.2. The minimum atomic E-state index is -0.365. The molecule has 8 nitrogen and oxygen atoms in total. The number of carbonyl (C=O) groups is 1. The SMILES string of the molecule is COC(=O)c1ccc(-n2c(C)cc(C3C(c4ccccn4)NC(=S)N3c3ccc(OC)cc3OC)c2C)cc1. The number of pyridine rings is 1. The lowest BCUT2D eigenvalue weighted by Gasteiger charge is -2.29. The zero-order chi connectivity index (χ0) is 27.7. The van der Waals surface area contributed by atoms with E-state index in [4.69, 9.17) is 26.4 Å². The van der Waals surface area contributed by atoms with Gasteiger partial charge in [-0.25, -0.2) is 4.79 Å². The highest BCUT2D eigenvalue weighted by Crippen LogP contribution is 2.46. The lowest BCUT2D eigenvalue weighted by Crippen LogP contribution is -2.30. The number of carbonyl (C=O) groups excluding carboxylic acids is 1. The van der Waals surface area contributed by atoms with Crippen LogP contribution < -0.4 is 19.7 Å². The molecule has 200 valence electrons. The summed E-state index contributed by atoms with van der Waals surface area (Å²) in [7, 11) is 4.65. The normalized spacial score (nSPS) is 16.6. The first-order valence-electron chi connectivity index (χ1n) is 12.5. The highest BCUT2D eigenvalue weighted by molar-refractivity contribution is 7.80. The summed E-state index contributed by atoms with van der Waals surface area (Å²) in [5.41, 5.74) is 6.34. The summed E-state index contributed by atoms with van der Waals surface area (Å²) in [6.07, 6.45) is 1.79. The van der Waals surface area contributed by atoms with Crippen LogP contribution in [0.2, 0.25) is 0 Å². The van der Waals surface area contributed by atoms with Crippen molar-refractivity contribution in [2.75, 3.05) is 26.2 Å². The van der Waals surface area contributed by atoms with Gasteiger partial charge in [0, 0.05) is 29.3 Å². The van der Waals surface area contributed by atoms with Crippen molar-refractivity contribution in [3.63, 3.8) is 0 Å². The second-order valence-electron chi connectivity index (χ2n) is 9.23. The van der Waals surface area contributed by atoms with Crippen molar-refractivity contribution in [3.8, 4) is 17.2 Å². The van der Waals surface area contributed by atoms with Crippen LogP contribution in [-0.2, 0) is 4.74 Å². The third-order valence-corrected chi connectivity index (χ3v) is 7.39. The van der Waals surface area contributed by atoms with Crippen LogP contribution in [0, 0.1) is 13.8 Å². The van der Waals surface area contributed by atoms with E-state index in [9.17, 15) is 4.79 Å². The minimum absolute atomic E-state index is 0.207. The number of nitrogens with one attached hydrogen (secondary N) is 1. The molecule has 2 aromatic carbocycles. The van der Waals surface area contributed by atoms with E-state index in [2.05, 4.69) is 39.7 Å². The number of nitrogens with zero attached hydrogens (tertiary/aromatic N) is 3. The second-order valence-corrected chi connectivity index (χ2v) is 9.62. The van der Waals surface area contributed by atoms with E-state index in [-0.39, 0.29) is 18.1 Å². The number of anilines is 1. The van der Waals surface area contributed by atoms with E-state index in [1.807, 2.05) is 48.5 Å².